The summed E-state index contributed by atoms with van der Waals surface area (Å²) in [6, 6.07) is 2.75. The van der Waals surface area contributed by atoms with Gasteiger partial charge < -0.3 is 9.47 Å². The number of carbonyl (C=O) groups is 1. The number of hydrogen-bond acceptors (Lipinski definition) is 5. The largest absolute Gasteiger partial charge is 0.496 e. The third-order valence-corrected chi connectivity index (χ3v) is 3.03. The zero-order valence-electron chi connectivity index (χ0n) is 10.6. The Bertz CT molecular complexity index is 489. The van der Waals surface area contributed by atoms with Gasteiger partial charge in [0.15, 0.2) is 0 Å². The number of nitrogens with zero attached hydrogens (tertiary/aromatic N) is 1. The molecule has 0 radical (unpaired) electrons. The highest BCUT2D eigenvalue weighted by Gasteiger charge is 2.19. The quantitative estimate of drug-likeness (QED) is 0.346. The van der Waals surface area contributed by atoms with Gasteiger partial charge in [-0.3, -0.25) is 14.9 Å². The molecule has 0 aliphatic carbocycles. The number of esters is 1. The van der Waals surface area contributed by atoms with Gasteiger partial charge in [-0.1, -0.05) is 15.9 Å². The van der Waals surface area contributed by atoms with Crippen molar-refractivity contribution in [3.8, 4) is 5.75 Å². The number of halogens is 1. The standard InChI is InChI=1S/C12H14BrNO5/c1-3-19-11(15)6-8-4-10(14(16)17)5-9(7-13)12(8)18-2/h4-5H,3,6-7H2,1-2H3. The van der Waals surface area contributed by atoms with Gasteiger partial charge >= 0.3 is 5.97 Å². The first-order valence-corrected chi connectivity index (χ1v) is 6.71. The van der Waals surface area contributed by atoms with Crippen molar-refractivity contribution >= 4 is 27.6 Å². The predicted octanol–water partition coefficient (Wildman–Crippen LogP) is 2.60. The molecule has 0 aliphatic heterocycles. The first kappa shape index (κ1) is 15.4. The van der Waals surface area contributed by atoms with E-state index in [2.05, 4.69) is 15.9 Å². The average molecular weight is 332 g/mol. The molecule has 0 bridgehead atoms. The fourth-order valence-corrected chi connectivity index (χ4v) is 2.12. The SMILES string of the molecule is CCOC(=O)Cc1cc([N+](=O)[O-])cc(CBr)c1OC. The molecule has 19 heavy (non-hydrogen) atoms. The maximum Gasteiger partial charge on any atom is 0.310 e. The van der Waals surface area contributed by atoms with E-state index in [-0.39, 0.29) is 18.7 Å². The summed E-state index contributed by atoms with van der Waals surface area (Å²) in [7, 11) is 1.46. The predicted molar refractivity (Wildman–Crippen MR) is 72.6 cm³/mol. The minimum absolute atomic E-state index is 0.0569. The van der Waals surface area contributed by atoms with Gasteiger partial charge in [0.05, 0.1) is 25.1 Å². The molecule has 6 nitrogen and oxygen atoms in total. The van der Waals surface area contributed by atoms with Crippen LogP contribution in [0.15, 0.2) is 12.1 Å². The summed E-state index contributed by atoms with van der Waals surface area (Å²) in [5.41, 5.74) is 0.996. The van der Waals surface area contributed by atoms with E-state index in [1.807, 2.05) is 0 Å². The van der Waals surface area contributed by atoms with Crippen molar-refractivity contribution in [2.75, 3.05) is 13.7 Å². The molecule has 0 fully saturated rings. The molecule has 0 N–H and O–H groups in total. The van der Waals surface area contributed by atoms with Crippen molar-refractivity contribution in [3.05, 3.63) is 33.4 Å². The van der Waals surface area contributed by atoms with Crippen LogP contribution in [0, 0.1) is 10.1 Å². The number of alkyl halides is 1. The van der Waals surface area contributed by atoms with Gasteiger partial charge in [0.25, 0.3) is 5.69 Å². The van der Waals surface area contributed by atoms with E-state index in [9.17, 15) is 14.9 Å². The summed E-state index contributed by atoms with van der Waals surface area (Å²) in [5.74, 6) is 0.0253. The Morgan fingerprint density at radius 1 is 1.42 bits per heavy atom. The van der Waals surface area contributed by atoms with E-state index in [4.69, 9.17) is 9.47 Å². The third kappa shape index (κ3) is 3.92. The Labute approximate surface area is 119 Å². The summed E-state index contributed by atoms with van der Waals surface area (Å²) in [6.07, 6.45) is -0.0569. The number of nitro benzene ring substituents is 1. The molecule has 0 atom stereocenters. The number of non-ortho nitro benzene ring substituents is 1. The summed E-state index contributed by atoms with van der Waals surface area (Å²) in [5, 5.41) is 11.3. The van der Waals surface area contributed by atoms with Crippen LogP contribution in [-0.4, -0.2) is 24.6 Å². The van der Waals surface area contributed by atoms with Crippen molar-refractivity contribution in [2.24, 2.45) is 0 Å². The molecule has 7 heteroatoms. The maximum atomic E-state index is 11.5. The topological polar surface area (TPSA) is 78.7 Å². The van der Waals surface area contributed by atoms with Crippen LogP contribution in [0.4, 0.5) is 5.69 Å². The van der Waals surface area contributed by atoms with Gasteiger partial charge in [-0.05, 0) is 6.92 Å². The van der Waals surface area contributed by atoms with Crippen LogP contribution in [0.25, 0.3) is 0 Å². The van der Waals surface area contributed by atoms with Gasteiger partial charge in [-0.15, -0.1) is 0 Å². The monoisotopic (exact) mass is 331 g/mol. The minimum Gasteiger partial charge on any atom is -0.496 e. The maximum absolute atomic E-state index is 11.5. The summed E-state index contributed by atoms with van der Waals surface area (Å²) >= 11 is 3.24. The van der Waals surface area contributed by atoms with Gasteiger partial charge in [0.2, 0.25) is 0 Å². The number of nitro groups is 1. The molecule has 0 aliphatic rings. The highest BCUT2D eigenvalue weighted by atomic mass is 79.9. The molecule has 0 amide bonds. The number of rotatable bonds is 6. The number of methoxy groups -OCH3 is 1. The van der Waals surface area contributed by atoms with Gasteiger partial charge in [-0.25, -0.2) is 0 Å². The molecular weight excluding hydrogens is 318 g/mol. The van der Waals surface area contributed by atoms with Crippen molar-refractivity contribution in [1.82, 2.24) is 0 Å². The van der Waals surface area contributed by atoms with Gasteiger partial charge in [0.1, 0.15) is 5.75 Å². The van der Waals surface area contributed by atoms with Crippen LogP contribution in [-0.2, 0) is 21.3 Å². The van der Waals surface area contributed by atoms with Crippen molar-refractivity contribution in [2.45, 2.75) is 18.7 Å². The summed E-state index contributed by atoms with van der Waals surface area (Å²) in [6.45, 7) is 1.97. The highest BCUT2D eigenvalue weighted by Crippen LogP contribution is 2.31. The molecule has 0 unspecified atom stereocenters. The van der Waals surface area contributed by atoms with Crippen LogP contribution in [0.2, 0.25) is 0 Å². The lowest BCUT2D eigenvalue weighted by Gasteiger charge is -2.12. The molecule has 1 aromatic carbocycles. The van der Waals surface area contributed by atoms with Crippen LogP contribution in [0.5, 0.6) is 5.75 Å². The van der Waals surface area contributed by atoms with Crippen LogP contribution >= 0.6 is 15.9 Å². The second-order valence-corrected chi connectivity index (χ2v) is 4.23. The fraction of sp³-hybridized carbons (Fsp3) is 0.417. The third-order valence-electron chi connectivity index (χ3n) is 2.43. The number of carbonyl (C=O) groups excluding carboxylic acids is 1. The first-order valence-electron chi connectivity index (χ1n) is 5.59. The van der Waals surface area contributed by atoms with E-state index >= 15 is 0 Å². The molecule has 1 rings (SSSR count). The summed E-state index contributed by atoms with van der Waals surface area (Å²) < 4.78 is 10.1. The second kappa shape index (κ2) is 7.08. The van der Waals surface area contributed by atoms with Crippen molar-refractivity contribution in [1.29, 1.82) is 0 Å². The van der Waals surface area contributed by atoms with E-state index < -0.39 is 10.9 Å². The molecule has 0 saturated heterocycles. The Kier molecular flexibility index (Phi) is 5.75. The minimum atomic E-state index is -0.500. The lowest BCUT2D eigenvalue weighted by atomic mass is 10.1. The van der Waals surface area contributed by atoms with Crippen molar-refractivity contribution < 1.29 is 19.2 Å². The number of hydrogen-bond donors (Lipinski definition) is 0. The lowest BCUT2D eigenvalue weighted by molar-refractivity contribution is -0.385. The summed E-state index contributed by atoms with van der Waals surface area (Å²) in [4.78, 5) is 21.9. The van der Waals surface area contributed by atoms with E-state index in [0.717, 1.165) is 0 Å². The normalized spacial score (nSPS) is 10.1. The van der Waals surface area contributed by atoms with E-state index in [1.165, 1.54) is 19.2 Å². The van der Waals surface area contributed by atoms with E-state index in [0.29, 0.717) is 22.2 Å². The van der Waals surface area contributed by atoms with E-state index in [1.54, 1.807) is 6.92 Å². The zero-order valence-corrected chi connectivity index (χ0v) is 12.2. The molecule has 0 saturated carbocycles. The zero-order chi connectivity index (χ0) is 14.4. The molecule has 1 aromatic rings. The average Bonchev–Trinajstić information content (AvgIpc) is 2.37. The molecule has 0 heterocycles. The Morgan fingerprint density at radius 3 is 2.53 bits per heavy atom. The second-order valence-electron chi connectivity index (χ2n) is 3.67. The van der Waals surface area contributed by atoms with Crippen LogP contribution in [0.1, 0.15) is 18.1 Å². The number of benzene rings is 1. The Balaban J connectivity index is 3.21. The Hall–Kier alpha value is -1.63. The Morgan fingerprint density at radius 2 is 2.05 bits per heavy atom. The number of ether oxygens (including phenoxy) is 2. The van der Waals surface area contributed by atoms with Crippen LogP contribution in [0.3, 0.4) is 0 Å². The molecular formula is C12H14BrNO5. The van der Waals surface area contributed by atoms with Gasteiger partial charge in [-0.2, -0.15) is 0 Å². The fourth-order valence-electron chi connectivity index (χ4n) is 1.70. The van der Waals surface area contributed by atoms with Crippen LogP contribution < -0.4 is 4.74 Å². The van der Waals surface area contributed by atoms with Crippen molar-refractivity contribution in [3.63, 3.8) is 0 Å². The highest BCUT2D eigenvalue weighted by molar-refractivity contribution is 9.08. The smallest absolute Gasteiger partial charge is 0.310 e. The molecule has 0 aromatic heterocycles. The molecule has 0 spiro atoms. The first-order chi connectivity index (χ1) is 9.03. The molecule has 104 valence electrons. The lowest BCUT2D eigenvalue weighted by Crippen LogP contribution is -2.09. The van der Waals surface area contributed by atoms with Gasteiger partial charge in [0, 0.05) is 28.6 Å².